The maximum absolute atomic E-state index is 12.4. The predicted molar refractivity (Wildman–Crippen MR) is 104 cm³/mol. The van der Waals surface area contributed by atoms with Gasteiger partial charge in [-0.2, -0.15) is 13.9 Å². The lowest BCUT2D eigenvalue weighted by atomic mass is 10.1. The van der Waals surface area contributed by atoms with Crippen LogP contribution in [0.25, 0.3) is 22.5 Å². The van der Waals surface area contributed by atoms with Gasteiger partial charge in [0, 0.05) is 12.0 Å². The molecule has 0 fully saturated rings. The summed E-state index contributed by atoms with van der Waals surface area (Å²) in [5.41, 5.74) is 3.36. The molecule has 1 unspecified atom stereocenters. The molecule has 0 N–H and O–H groups in total. The molecule has 3 aromatic rings. The van der Waals surface area contributed by atoms with E-state index in [1.165, 1.54) is 0 Å². The molecule has 0 spiro atoms. The molecule has 1 aromatic heterocycles. The number of nitrogens with zero attached hydrogens (tertiary/aromatic N) is 2. The monoisotopic (exact) mass is 382 g/mol. The van der Waals surface area contributed by atoms with Crippen molar-refractivity contribution in [2.24, 2.45) is 0 Å². The van der Waals surface area contributed by atoms with Gasteiger partial charge in [-0.25, -0.2) is 4.79 Å². The Labute approximate surface area is 162 Å². The molecule has 0 amide bonds. The second kappa shape index (κ2) is 9.08. The van der Waals surface area contributed by atoms with E-state index in [1.54, 1.807) is 11.6 Å². The van der Waals surface area contributed by atoms with Gasteiger partial charge in [0.15, 0.2) is 0 Å². The zero-order chi connectivity index (χ0) is 19.9. The van der Waals surface area contributed by atoms with Crippen LogP contribution < -0.4 is 0 Å². The van der Waals surface area contributed by atoms with Crippen LogP contribution in [0.5, 0.6) is 0 Å². The molecule has 3 rings (SSSR count). The maximum Gasteiger partial charge on any atom is 0.330 e. The minimum absolute atomic E-state index is 0.0271. The minimum Gasteiger partial charge on any atom is -0.464 e. The van der Waals surface area contributed by atoms with E-state index in [4.69, 9.17) is 4.74 Å². The van der Waals surface area contributed by atoms with Gasteiger partial charge >= 0.3 is 5.97 Å². The van der Waals surface area contributed by atoms with Gasteiger partial charge in [0.2, 0.25) is 0 Å². The molecule has 0 saturated heterocycles. The summed E-state index contributed by atoms with van der Waals surface area (Å²) in [4.78, 5) is 12.4. The van der Waals surface area contributed by atoms with E-state index in [0.717, 1.165) is 28.6 Å². The summed E-state index contributed by atoms with van der Waals surface area (Å²) in [6, 6.07) is 20.5. The molecule has 2 aromatic carbocycles. The first kappa shape index (κ1) is 19.5. The highest BCUT2D eigenvalue weighted by Gasteiger charge is 2.22. The quantitative estimate of drug-likeness (QED) is 0.401. The van der Waals surface area contributed by atoms with Gasteiger partial charge in [-0.05, 0) is 24.6 Å². The molecule has 0 radical (unpaired) electrons. The van der Waals surface area contributed by atoms with E-state index in [1.807, 2.05) is 66.7 Å². The lowest BCUT2D eigenvalue weighted by molar-refractivity contribution is -0.147. The van der Waals surface area contributed by atoms with Crippen molar-refractivity contribution in [3.63, 3.8) is 0 Å². The van der Waals surface area contributed by atoms with Crippen LogP contribution >= 0.6 is 0 Å². The lowest BCUT2D eigenvalue weighted by Crippen LogP contribution is -2.21. The highest BCUT2D eigenvalue weighted by atomic mass is 19.3. The van der Waals surface area contributed by atoms with Crippen LogP contribution in [0.1, 0.15) is 19.4 Å². The average Bonchev–Trinajstić information content (AvgIpc) is 3.17. The van der Waals surface area contributed by atoms with Gasteiger partial charge in [0.25, 0.3) is 6.08 Å². The Morgan fingerprint density at radius 3 is 2.29 bits per heavy atom. The minimum atomic E-state index is -1.78. The van der Waals surface area contributed by atoms with E-state index in [-0.39, 0.29) is 13.0 Å². The van der Waals surface area contributed by atoms with Crippen LogP contribution in [0.15, 0.2) is 78.9 Å². The molecule has 0 saturated carbocycles. The van der Waals surface area contributed by atoms with Crippen molar-refractivity contribution >= 4 is 5.97 Å². The van der Waals surface area contributed by atoms with Gasteiger partial charge in [-0.15, -0.1) is 0 Å². The Morgan fingerprint density at radius 1 is 1.07 bits per heavy atom. The number of ether oxygens (including phenoxy) is 1. The van der Waals surface area contributed by atoms with Crippen molar-refractivity contribution in [1.82, 2.24) is 9.78 Å². The van der Waals surface area contributed by atoms with E-state index < -0.39 is 18.1 Å². The summed E-state index contributed by atoms with van der Waals surface area (Å²) in [5.74, 6) is -0.521. The fourth-order valence-corrected chi connectivity index (χ4v) is 2.81. The molecule has 0 bridgehead atoms. The van der Waals surface area contributed by atoms with Crippen LogP contribution in [-0.2, 0) is 9.53 Å². The number of aromatic nitrogens is 2. The number of benzene rings is 2. The van der Waals surface area contributed by atoms with Gasteiger partial charge in [-0.3, -0.25) is 4.68 Å². The summed E-state index contributed by atoms with van der Waals surface area (Å²) >= 11 is 0. The zero-order valence-corrected chi connectivity index (χ0v) is 15.4. The molecule has 28 heavy (non-hydrogen) atoms. The summed E-state index contributed by atoms with van der Waals surface area (Å²) < 4.78 is 30.9. The first-order valence-electron chi connectivity index (χ1n) is 8.94. The van der Waals surface area contributed by atoms with Crippen molar-refractivity contribution in [2.45, 2.75) is 19.4 Å². The molecule has 0 aliphatic carbocycles. The highest BCUT2D eigenvalue weighted by Crippen LogP contribution is 2.29. The molecule has 144 valence electrons. The van der Waals surface area contributed by atoms with E-state index in [0.29, 0.717) is 0 Å². The third kappa shape index (κ3) is 4.71. The van der Waals surface area contributed by atoms with Crippen LogP contribution in [-0.4, -0.2) is 22.4 Å². The number of carbonyl (C=O) groups is 1. The largest absolute Gasteiger partial charge is 0.464 e. The number of esters is 1. The second-order valence-corrected chi connectivity index (χ2v) is 6.22. The summed E-state index contributed by atoms with van der Waals surface area (Å²) in [7, 11) is 0. The van der Waals surface area contributed by atoms with Gasteiger partial charge in [0.1, 0.15) is 6.04 Å². The third-order valence-corrected chi connectivity index (χ3v) is 4.24. The van der Waals surface area contributed by atoms with Crippen molar-refractivity contribution in [3.05, 3.63) is 78.9 Å². The SMILES string of the molecule is CC(C(=O)OCCC=C(F)F)n1nc(-c2ccccc2)cc1-c1ccccc1. The lowest BCUT2D eigenvalue weighted by Gasteiger charge is -2.15. The topological polar surface area (TPSA) is 44.1 Å². The Morgan fingerprint density at radius 2 is 1.68 bits per heavy atom. The fourth-order valence-electron chi connectivity index (χ4n) is 2.81. The predicted octanol–water partition coefficient (Wildman–Crippen LogP) is 5.49. The Balaban J connectivity index is 1.89. The molecule has 1 atom stereocenters. The molecule has 4 nitrogen and oxygen atoms in total. The Hall–Kier alpha value is -3.28. The number of hydrogen-bond acceptors (Lipinski definition) is 3. The maximum atomic E-state index is 12.4. The normalized spacial score (nSPS) is 11.7. The number of rotatable bonds is 7. The summed E-state index contributed by atoms with van der Waals surface area (Å²) in [6.07, 6.45) is -1.08. The molecule has 0 aliphatic heterocycles. The van der Waals surface area contributed by atoms with Crippen LogP contribution in [0, 0.1) is 0 Å². The summed E-state index contributed by atoms with van der Waals surface area (Å²) in [6.45, 7) is 1.58. The van der Waals surface area contributed by atoms with Crippen molar-refractivity contribution in [3.8, 4) is 22.5 Å². The molecule has 6 heteroatoms. The van der Waals surface area contributed by atoms with Crippen LogP contribution in [0.3, 0.4) is 0 Å². The van der Waals surface area contributed by atoms with Crippen LogP contribution in [0.2, 0.25) is 0 Å². The van der Waals surface area contributed by atoms with Crippen molar-refractivity contribution < 1.29 is 18.3 Å². The molecule has 1 heterocycles. The Bertz CT molecular complexity index is 949. The highest BCUT2D eigenvalue weighted by molar-refractivity contribution is 5.76. The molecular formula is C22H20F2N2O2. The van der Waals surface area contributed by atoms with Gasteiger partial charge < -0.3 is 4.74 Å². The van der Waals surface area contributed by atoms with E-state index in [2.05, 4.69) is 5.10 Å². The third-order valence-electron chi connectivity index (χ3n) is 4.24. The van der Waals surface area contributed by atoms with Crippen LogP contribution in [0.4, 0.5) is 8.78 Å². The molecule has 0 aliphatic rings. The van der Waals surface area contributed by atoms with E-state index >= 15 is 0 Å². The van der Waals surface area contributed by atoms with Crippen molar-refractivity contribution in [1.29, 1.82) is 0 Å². The van der Waals surface area contributed by atoms with Crippen molar-refractivity contribution in [2.75, 3.05) is 6.61 Å². The number of hydrogen-bond donors (Lipinski definition) is 0. The smallest absolute Gasteiger partial charge is 0.330 e. The van der Waals surface area contributed by atoms with Gasteiger partial charge in [-0.1, -0.05) is 60.7 Å². The molecular weight excluding hydrogens is 362 g/mol. The average molecular weight is 382 g/mol. The number of halogens is 2. The first-order chi connectivity index (χ1) is 13.6. The number of carbonyl (C=O) groups excluding carboxylic acids is 1. The zero-order valence-electron chi connectivity index (χ0n) is 15.4. The first-order valence-corrected chi connectivity index (χ1v) is 8.94. The van der Waals surface area contributed by atoms with E-state index in [9.17, 15) is 13.6 Å². The Kier molecular flexibility index (Phi) is 6.32. The standard InChI is InChI=1S/C22H20F2N2O2/c1-16(22(27)28-14-8-13-21(23)24)26-20(18-11-6-3-7-12-18)15-19(25-26)17-9-4-2-5-10-17/h2-7,9-13,15-16H,8,14H2,1H3. The van der Waals surface area contributed by atoms with Gasteiger partial charge in [0.05, 0.1) is 18.0 Å². The second-order valence-electron chi connectivity index (χ2n) is 6.22. The summed E-state index contributed by atoms with van der Waals surface area (Å²) in [5, 5.41) is 4.62. The fraction of sp³-hybridized carbons (Fsp3) is 0.182.